The highest BCUT2D eigenvalue weighted by atomic mass is 15.1. The first-order valence-electron chi connectivity index (χ1n) is 3.39. The number of likely N-dealkylation sites (tertiary alicyclic amines) is 1. The number of rotatable bonds is 2. The molecule has 0 aromatic heterocycles. The van der Waals surface area contributed by atoms with Crippen molar-refractivity contribution < 1.29 is 0 Å². The van der Waals surface area contributed by atoms with Gasteiger partial charge in [0.2, 0.25) is 0 Å². The van der Waals surface area contributed by atoms with Crippen molar-refractivity contribution in [1.82, 2.24) is 4.90 Å². The molecule has 1 heterocycles. The van der Waals surface area contributed by atoms with Crippen molar-refractivity contribution in [1.29, 1.82) is 0 Å². The van der Waals surface area contributed by atoms with E-state index in [0.717, 1.165) is 6.54 Å². The van der Waals surface area contributed by atoms with E-state index in [1.165, 1.54) is 12.8 Å². The van der Waals surface area contributed by atoms with Crippen molar-refractivity contribution in [2.75, 3.05) is 6.54 Å². The Morgan fingerprint density at radius 1 is 1.44 bits per heavy atom. The minimum absolute atomic E-state index is 0.558. The molecule has 1 nitrogen and oxygen atoms in total. The molecule has 50 valence electrons. The fourth-order valence-electron chi connectivity index (χ4n) is 1.29. The molecule has 0 N–H and O–H groups in total. The van der Waals surface area contributed by atoms with Gasteiger partial charge in [0.05, 0.1) is 0 Å². The van der Waals surface area contributed by atoms with Gasteiger partial charge in [0.1, 0.15) is 0 Å². The van der Waals surface area contributed by atoms with Crippen molar-refractivity contribution in [2.24, 2.45) is 0 Å². The molecular weight excluding hydrogens is 110 g/mol. The monoisotopic (exact) mass is 123 g/mol. The fourth-order valence-corrected chi connectivity index (χ4v) is 1.29. The molecule has 1 saturated heterocycles. The van der Waals surface area contributed by atoms with E-state index in [4.69, 9.17) is 0 Å². The second-order valence-corrected chi connectivity index (χ2v) is 2.37. The summed E-state index contributed by atoms with van der Waals surface area (Å²) in [6, 6.07) is 0.558. The third-order valence-corrected chi connectivity index (χ3v) is 1.85. The lowest BCUT2D eigenvalue weighted by Gasteiger charge is -2.17. The Morgan fingerprint density at radius 2 is 2.22 bits per heavy atom. The molecule has 0 saturated carbocycles. The highest BCUT2D eigenvalue weighted by Gasteiger charge is 2.16. The molecule has 1 rings (SSSR count). The van der Waals surface area contributed by atoms with E-state index in [1.807, 2.05) is 12.3 Å². The lowest BCUT2D eigenvalue weighted by molar-refractivity contribution is 0.403. The summed E-state index contributed by atoms with van der Waals surface area (Å²) in [4.78, 5) is 2.23. The molecule has 0 radical (unpaired) electrons. The van der Waals surface area contributed by atoms with Crippen LogP contribution in [0.5, 0.6) is 0 Å². The molecule has 1 aliphatic rings. The maximum Gasteiger partial charge on any atom is 0.0465 e. The van der Waals surface area contributed by atoms with E-state index >= 15 is 0 Å². The molecule has 1 heteroatoms. The minimum Gasteiger partial charge on any atom is -0.372 e. The van der Waals surface area contributed by atoms with Crippen LogP contribution in [0, 0.1) is 0 Å². The minimum atomic E-state index is 0.558. The third-order valence-electron chi connectivity index (χ3n) is 1.85. The second kappa shape index (κ2) is 2.72. The second-order valence-electron chi connectivity index (χ2n) is 2.37. The molecule has 1 fully saturated rings. The van der Waals surface area contributed by atoms with Crippen LogP contribution in [0.15, 0.2) is 25.4 Å². The maximum absolute atomic E-state index is 3.75. The van der Waals surface area contributed by atoms with Gasteiger partial charge in [-0.05, 0) is 19.0 Å². The van der Waals surface area contributed by atoms with E-state index in [-0.39, 0.29) is 0 Å². The summed E-state index contributed by atoms with van der Waals surface area (Å²) in [6.45, 7) is 8.62. The lowest BCUT2D eigenvalue weighted by Crippen LogP contribution is -2.20. The van der Waals surface area contributed by atoms with E-state index in [1.54, 1.807) is 0 Å². The van der Waals surface area contributed by atoms with Gasteiger partial charge in [-0.25, -0.2) is 0 Å². The van der Waals surface area contributed by atoms with Crippen LogP contribution in [0.1, 0.15) is 12.8 Å². The van der Waals surface area contributed by atoms with Gasteiger partial charge in [0.15, 0.2) is 0 Å². The average molecular weight is 123 g/mol. The van der Waals surface area contributed by atoms with E-state index in [9.17, 15) is 0 Å². The Balaban J connectivity index is 2.50. The third kappa shape index (κ3) is 1.15. The Hall–Kier alpha value is -0.720. The Morgan fingerprint density at radius 3 is 2.67 bits per heavy atom. The quantitative estimate of drug-likeness (QED) is 0.506. The molecule has 0 aromatic carbocycles. The smallest absolute Gasteiger partial charge is 0.0465 e. The van der Waals surface area contributed by atoms with Gasteiger partial charge in [-0.3, -0.25) is 0 Å². The van der Waals surface area contributed by atoms with Crippen LogP contribution in [-0.2, 0) is 0 Å². The summed E-state index contributed by atoms with van der Waals surface area (Å²) in [5.41, 5.74) is 0. The van der Waals surface area contributed by atoms with Gasteiger partial charge in [-0.2, -0.15) is 0 Å². The van der Waals surface area contributed by atoms with E-state index in [0.29, 0.717) is 6.04 Å². The molecule has 9 heavy (non-hydrogen) atoms. The summed E-state index contributed by atoms with van der Waals surface area (Å²) < 4.78 is 0. The van der Waals surface area contributed by atoms with Crippen molar-refractivity contribution in [3.8, 4) is 0 Å². The molecule has 0 aliphatic carbocycles. The summed E-state index contributed by atoms with van der Waals surface area (Å²) in [5.74, 6) is 0. The largest absolute Gasteiger partial charge is 0.372 e. The molecule has 1 atom stereocenters. The number of hydrogen-bond acceptors (Lipinski definition) is 1. The van der Waals surface area contributed by atoms with Crippen molar-refractivity contribution >= 4 is 0 Å². The molecule has 0 amide bonds. The van der Waals surface area contributed by atoms with Crippen molar-refractivity contribution in [2.45, 2.75) is 18.9 Å². The molecule has 1 aliphatic heterocycles. The van der Waals surface area contributed by atoms with Crippen LogP contribution in [-0.4, -0.2) is 17.5 Å². The van der Waals surface area contributed by atoms with E-state index < -0.39 is 0 Å². The summed E-state index contributed by atoms with van der Waals surface area (Å²) in [5, 5.41) is 0. The molecule has 0 aromatic rings. The SMILES string of the molecule is C=CC1CCCN1C=C. The predicted octanol–water partition coefficient (Wildman–Crippen LogP) is 1.78. The normalized spacial score (nSPS) is 26.2. The highest BCUT2D eigenvalue weighted by Crippen LogP contribution is 2.16. The Bertz CT molecular complexity index is 104. The molecule has 1 unspecified atom stereocenters. The zero-order valence-electron chi connectivity index (χ0n) is 5.71. The standard InChI is InChI=1S/C8H13N/c1-3-8-6-5-7-9(8)4-2/h3-4,8H,1-2,5-7H2. The zero-order valence-corrected chi connectivity index (χ0v) is 5.71. The molecule has 0 bridgehead atoms. The van der Waals surface area contributed by atoms with Gasteiger partial charge >= 0.3 is 0 Å². The topological polar surface area (TPSA) is 3.24 Å². The Kier molecular flexibility index (Phi) is 1.93. The summed E-state index contributed by atoms with van der Waals surface area (Å²) in [7, 11) is 0. The van der Waals surface area contributed by atoms with Crippen LogP contribution in [0.4, 0.5) is 0 Å². The van der Waals surface area contributed by atoms with Gasteiger partial charge in [-0.1, -0.05) is 12.7 Å². The van der Waals surface area contributed by atoms with Crippen LogP contribution < -0.4 is 0 Å². The first-order chi connectivity index (χ1) is 4.38. The van der Waals surface area contributed by atoms with Crippen LogP contribution >= 0.6 is 0 Å². The first kappa shape index (κ1) is 6.40. The Labute approximate surface area is 56.7 Å². The average Bonchev–Trinajstić information content (AvgIpc) is 2.33. The van der Waals surface area contributed by atoms with Gasteiger partial charge < -0.3 is 4.90 Å². The van der Waals surface area contributed by atoms with Gasteiger partial charge in [0, 0.05) is 12.6 Å². The van der Waals surface area contributed by atoms with E-state index in [2.05, 4.69) is 18.1 Å². The summed E-state index contributed by atoms with van der Waals surface area (Å²) in [6.07, 6.45) is 6.42. The fraction of sp³-hybridized carbons (Fsp3) is 0.500. The number of hydrogen-bond donors (Lipinski definition) is 0. The lowest BCUT2D eigenvalue weighted by atomic mass is 10.2. The van der Waals surface area contributed by atoms with Crippen LogP contribution in [0.2, 0.25) is 0 Å². The van der Waals surface area contributed by atoms with Crippen molar-refractivity contribution in [3.63, 3.8) is 0 Å². The molecular formula is C8H13N. The van der Waals surface area contributed by atoms with Crippen LogP contribution in [0.3, 0.4) is 0 Å². The van der Waals surface area contributed by atoms with Gasteiger partial charge in [-0.15, -0.1) is 6.58 Å². The van der Waals surface area contributed by atoms with Crippen molar-refractivity contribution in [3.05, 3.63) is 25.4 Å². The highest BCUT2D eigenvalue weighted by molar-refractivity contribution is 4.95. The maximum atomic E-state index is 3.75. The summed E-state index contributed by atoms with van der Waals surface area (Å²) >= 11 is 0. The number of nitrogens with zero attached hydrogens (tertiary/aromatic N) is 1. The molecule has 0 spiro atoms. The predicted molar refractivity (Wildman–Crippen MR) is 40.1 cm³/mol. The first-order valence-corrected chi connectivity index (χ1v) is 3.39. The van der Waals surface area contributed by atoms with Crippen LogP contribution in [0.25, 0.3) is 0 Å². The zero-order chi connectivity index (χ0) is 6.69. The van der Waals surface area contributed by atoms with Gasteiger partial charge in [0.25, 0.3) is 0 Å².